The van der Waals surface area contributed by atoms with Gasteiger partial charge in [0.2, 0.25) is 0 Å². The number of hydrogen-bond acceptors (Lipinski definition) is 3. The second-order valence-corrected chi connectivity index (χ2v) is 5.44. The number of nitrogens with one attached hydrogen (secondary N) is 1. The van der Waals surface area contributed by atoms with Crippen molar-refractivity contribution in [3.05, 3.63) is 48.0 Å². The van der Waals surface area contributed by atoms with Crippen LogP contribution in [0.1, 0.15) is 30.3 Å². The number of rotatable bonds is 6. The summed E-state index contributed by atoms with van der Waals surface area (Å²) in [5.41, 5.74) is 1.27. The summed E-state index contributed by atoms with van der Waals surface area (Å²) in [6.45, 7) is 0.859. The molecule has 3 rings (SSSR count). The van der Waals surface area contributed by atoms with Crippen LogP contribution in [0.4, 0.5) is 0 Å². The lowest BCUT2D eigenvalue weighted by atomic mass is 10.1. The van der Waals surface area contributed by atoms with E-state index in [1.54, 1.807) is 7.11 Å². The molecule has 0 saturated heterocycles. The zero-order valence-corrected chi connectivity index (χ0v) is 12.0. The van der Waals surface area contributed by atoms with Crippen molar-refractivity contribution < 1.29 is 4.74 Å². The third-order valence-corrected chi connectivity index (χ3v) is 3.92. The van der Waals surface area contributed by atoms with E-state index in [0.29, 0.717) is 6.04 Å². The molecule has 0 amide bonds. The van der Waals surface area contributed by atoms with Crippen molar-refractivity contribution in [2.75, 3.05) is 7.11 Å². The summed E-state index contributed by atoms with van der Waals surface area (Å²) in [5.74, 6) is 2.77. The molecule has 1 unspecified atom stereocenters. The SMILES string of the molecule is COc1ccc(CNC(c2nccn2C)C2CC2)cc1. The van der Waals surface area contributed by atoms with Crippen molar-refractivity contribution in [2.24, 2.45) is 13.0 Å². The summed E-state index contributed by atoms with van der Waals surface area (Å²) in [4.78, 5) is 4.50. The van der Waals surface area contributed by atoms with E-state index in [4.69, 9.17) is 4.74 Å². The standard InChI is InChI=1S/C16H21N3O/c1-19-10-9-17-16(19)15(13-5-6-13)18-11-12-3-7-14(20-2)8-4-12/h3-4,7-10,13,15,18H,5-6,11H2,1-2H3. The van der Waals surface area contributed by atoms with Crippen molar-refractivity contribution >= 4 is 0 Å². The second-order valence-electron chi connectivity index (χ2n) is 5.44. The molecule has 1 fully saturated rings. The third-order valence-electron chi connectivity index (χ3n) is 3.92. The molecule has 1 aromatic carbocycles. The van der Waals surface area contributed by atoms with Gasteiger partial charge in [0.1, 0.15) is 11.6 Å². The minimum Gasteiger partial charge on any atom is -0.497 e. The normalized spacial score (nSPS) is 16.1. The molecule has 1 aliphatic carbocycles. The Kier molecular flexibility index (Phi) is 3.74. The highest BCUT2D eigenvalue weighted by molar-refractivity contribution is 5.27. The van der Waals surface area contributed by atoms with Gasteiger partial charge in [-0.2, -0.15) is 0 Å². The summed E-state index contributed by atoms with van der Waals surface area (Å²) in [6, 6.07) is 8.58. The Balaban J connectivity index is 1.66. The van der Waals surface area contributed by atoms with E-state index in [1.807, 2.05) is 24.5 Å². The van der Waals surface area contributed by atoms with Crippen LogP contribution in [0.2, 0.25) is 0 Å². The van der Waals surface area contributed by atoms with Crippen molar-refractivity contribution in [1.29, 1.82) is 0 Å². The molecule has 4 heteroatoms. The van der Waals surface area contributed by atoms with Crippen LogP contribution in [0.15, 0.2) is 36.7 Å². The van der Waals surface area contributed by atoms with Crippen molar-refractivity contribution in [2.45, 2.75) is 25.4 Å². The number of methoxy groups -OCH3 is 1. The third kappa shape index (κ3) is 2.85. The van der Waals surface area contributed by atoms with E-state index in [2.05, 4.69) is 34.0 Å². The Morgan fingerprint density at radius 3 is 2.65 bits per heavy atom. The lowest BCUT2D eigenvalue weighted by molar-refractivity contribution is 0.414. The summed E-state index contributed by atoms with van der Waals surface area (Å²) in [5, 5.41) is 3.65. The molecule has 1 aromatic heterocycles. The molecule has 1 saturated carbocycles. The lowest BCUT2D eigenvalue weighted by Crippen LogP contribution is -2.25. The predicted molar refractivity (Wildman–Crippen MR) is 78.5 cm³/mol. The Morgan fingerprint density at radius 1 is 1.35 bits per heavy atom. The number of nitrogens with zero attached hydrogens (tertiary/aromatic N) is 2. The average Bonchev–Trinajstić information content (AvgIpc) is 3.23. The van der Waals surface area contributed by atoms with Gasteiger partial charge in [-0.05, 0) is 36.5 Å². The van der Waals surface area contributed by atoms with E-state index in [-0.39, 0.29) is 0 Å². The number of hydrogen-bond donors (Lipinski definition) is 1. The average molecular weight is 271 g/mol. The van der Waals surface area contributed by atoms with Gasteiger partial charge >= 0.3 is 0 Å². The van der Waals surface area contributed by atoms with Crippen LogP contribution in [0.5, 0.6) is 5.75 Å². The molecule has 1 heterocycles. The molecule has 0 radical (unpaired) electrons. The van der Waals surface area contributed by atoms with Gasteiger partial charge in [-0.15, -0.1) is 0 Å². The number of aromatic nitrogens is 2. The van der Waals surface area contributed by atoms with Crippen LogP contribution in [0.25, 0.3) is 0 Å². The highest BCUT2D eigenvalue weighted by Crippen LogP contribution is 2.40. The smallest absolute Gasteiger partial charge is 0.125 e. The summed E-state index contributed by atoms with van der Waals surface area (Å²) in [6.07, 6.45) is 6.49. The highest BCUT2D eigenvalue weighted by Gasteiger charge is 2.34. The Morgan fingerprint density at radius 2 is 2.10 bits per heavy atom. The van der Waals surface area contributed by atoms with Gasteiger partial charge in [-0.1, -0.05) is 12.1 Å². The first-order chi connectivity index (χ1) is 9.78. The van der Waals surface area contributed by atoms with E-state index in [0.717, 1.165) is 24.0 Å². The fourth-order valence-corrected chi connectivity index (χ4v) is 2.55. The zero-order valence-electron chi connectivity index (χ0n) is 12.0. The van der Waals surface area contributed by atoms with Crippen molar-refractivity contribution in [3.63, 3.8) is 0 Å². The van der Waals surface area contributed by atoms with Crippen molar-refractivity contribution in [1.82, 2.24) is 14.9 Å². The van der Waals surface area contributed by atoms with Gasteiger partial charge in [0.05, 0.1) is 13.2 Å². The second kappa shape index (κ2) is 5.67. The molecule has 0 aliphatic heterocycles. The first kappa shape index (κ1) is 13.2. The largest absolute Gasteiger partial charge is 0.497 e. The van der Waals surface area contributed by atoms with Crippen LogP contribution in [-0.2, 0) is 13.6 Å². The van der Waals surface area contributed by atoms with Crippen LogP contribution in [-0.4, -0.2) is 16.7 Å². The zero-order chi connectivity index (χ0) is 13.9. The van der Waals surface area contributed by atoms with Gasteiger partial charge in [0.15, 0.2) is 0 Å². The van der Waals surface area contributed by atoms with Crippen LogP contribution < -0.4 is 10.1 Å². The minimum atomic E-state index is 0.358. The molecule has 20 heavy (non-hydrogen) atoms. The first-order valence-corrected chi connectivity index (χ1v) is 7.11. The molecule has 1 N–H and O–H groups in total. The molecular formula is C16H21N3O. The van der Waals surface area contributed by atoms with Gasteiger partial charge in [-0.25, -0.2) is 4.98 Å². The van der Waals surface area contributed by atoms with Gasteiger partial charge in [0, 0.05) is 26.0 Å². The number of ether oxygens (including phenoxy) is 1. The predicted octanol–water partition coefficient (Wildman–Crippen LogP) is 2.67. The van der Waals surface area contributed by atoms with E-state index in [9.17, 15) is 0 Å². The quantitative estimate of drug-likeness (QED) is 0.878. The number of benzene rings is 1. The monoisotopic (exact) mass is 271 g/mol. The van der Waals surface area contributed by atoms with Crippen LogP contribution in [0, 0.1) is 5.92 Å². The van der Waals surface area contributed by atoms with Gasteiger partial charge < -0.3 is 14.6 Å². The fourth-order valence-electron chi connectivity index (χ4n) is 2.55. The lowest BCUT2D eigenvalue weighted by Gasteiger charge is -2.18. The first-order valence-electron chi connectivity index (χ1n) is 7.11. The molecule has 4 nitrogen and oxygen atoms in total. The summed E-state index contributed by atoms with van der Waals surface area (Å²) in [7, 11) is 3.75. The van der Waals surface area contributed by atoms with Crippen LogP contribution in [0.3, 0.4) is 0 Å². The Bertz CT molecular complexity index is 557. The maximum atomic E-state index is 5.18. The van der Waals surface area contributed by atoms with Gasteiger partial charge in [0.25, 0.3) is 0 Å². The Labute approximate surface area is 119 Å². The topological polar surface area (TPSA) is 39.1 Å². The maximum Gasteiger partial charge on any atom is 0.125 e. The molecule has 1 aliphatic rings. The molecule has 1 atom stereocenters. The van der Waals surface area contributed by atoms with Crippen LogP contribution >= 0.6 is 0 Å². The maximum absolute atomic E-state index is 5.18. The van der Waals surface area contributed by atoms with E-state index < -0.39 is 0 Å². The highest BCUT2D eigenvalue weighted by atomic mass is 16.5. The summed E-state index contributed by atoms with van der Waals surface area (Å²) < 4.78 is 7.30. The number of aryl methyl sites for hydroxylation is 1. The molecular weight excluding hydrogens is 250 g/mol. The van der Waals surface area contributed by atoms with E-state index >= 15 is 0 Å². The molecule has 0 bridgehead atoms. The minimum absolute atomic E-state index is 0.358. The molecule has 2 aromatic rings. The van der Waals surface area contributed by atoms with Gasteiger partial charge in [-0.3, -0.25) is 0 Å². The van der Waals surface area contributed by atoms with E-state index in [1.165, 1.54) is 18.4 Å². The summed E-state index contributed by atoms with van der Waals surface area (Å²) >= 11 is 0. The van der Waals surface area contributed by atoms with Crippen molar-refractivity contribution in [3.8, 4) is 5.75 Å². The molecule has 0 spiro atoms. The molecule has 106 valence electrons. The number of imidazole rings is 1. The Hall–Kier alpha value is -1.81. The fraction of sp³-hybridized carbons (Fsp3) is 0.438.